The van der Waals surface area contributed by atoms with E-state index in [4.69, 9.17) is 4.74 Å². The summed E-state index contributed by atoms with van der Waals surface area (Å²) < 4.78 is 5.26. The normalized spacial score (nSPS) is 13.9. The number of carbonyl (C=O) groups excluding carboxylic acids is 2. The molecular formula is C21H25N3O3. The summed E-state index contributed by atoms with van der Waals surface area (Å²) in [6.45, 7) is 2.69. The molecule has 0 aromatic heterocycles. The number of morpholine rings is 1. The molecule has 1 aliphatic rings. The third-order valence-electron chi connectivity index (χ3n) is 4.44. The average Bonchev–Trinajstić information content (AvgIpc) is 2.72. The average molecular weight is 367 g/mol. The number of rotatable bonds is 7. The van der Waals surface area contributed by atoms with Gasteiger partial charge in [-0.15, -0.1) is 0 Å². The molecule has 0 spiro atoms. The molecule has 0 saturated carbocycles. The van der Waals surface area contributed by atoms with Crippen LogP contribution in [0.2, 0.25) is 0 Å². The SMILES string of the molecule is O=C(CCc1ccccc1)Nc1cccc(NCC(=O)N2CCOCC2)c1. The van der Waals surface area contributed by atoms with E-state index in [1.54, 1.807) is 4.90 Å². The number of hydrogen-bond acceptors (Lipinski definition) is 4. The molecule has 142 valence electrons. The highest BCUT2D eigenvalue weighted by atomic mass is 16.5. The van der Waals surface area contributed by atoms with Gasteiger partial charge in [-0.2, -0.15) is 0 Å². The Morgan fingerprint density at radius 3 is 2.48 bits per heavy atom. The van der Waals surface area contributed by atoms with Crippen LogP contribution in [0.3, 0.4) is 0 Å². The summed E-state index contributed by atoms with van der Waals surface area (Å²) in [6, 6.07) is 17.4. The van der Waals surface area contributed by atoms with Gasteiger partial charge >= 0.3 is 0 Å². The topological polar surface area (TPSA) is 70.7 Å². The Bertz CT molecular complexity index is 758. The van der Waals surface area contributed by atoms with Gasteiger partial charge in [0.05, 0.1) is 19.8 Å². The minimum atomic E-state index is -0.0274. The molecule has 0 radical (unpaired) electrons. The molecule has 1 fully saturated rings. The molecule has 0 bridgehead atoms. The predicted octanol–water partition coefficient (Wildman–Crippen LogP) is 2.53. The molecule has 0 atom stereocenters. The lowest BCUT2D eigenvalue weighted by Gasteiger charge is -2.27. The van der Waals surface area contributed by atoms with E-state index in [2.05, 4.69) is 10.6 Å². The fraction of sp³-hybridized carbons (Fsp3) is 0.333. The second-order valence-corrected chi connectivity index (χ2v) is 6.46. The molecule has 6 nitrogen and oxygen atoms in total. The highest BCUT2D eigenvalue weighted by Gasteiger charge is 2.16. The van der Waals surface area contributed by atoms with E-state index < -0.39 is 0 Å². The molecule has 1 saturated heterocycles. The van der Waals surface area contributed by atoms with E-state index >= 15 is 0 Å². The summed E-state index contributed by atoms with van der Waals surface area (Å²) in [5, 5.41) is 6.04. The van der Waals surface area contributed by atoms with Crippen LogP contribution in [-0.4, -0.2) is 49.6 Å². The largest absolute Gasteiger partial charge is 0.378 e. The molecule has 2 aromatic rings. The first-order valence-corrected chi connectivity index (χ1v) is 9.24. The second-order valence-electron chi connectivity index (χ2n) is 6.46. The number of carbonyl (C=O) groups is 2. The van der Waals surface area contributed by atoms with Crippen molar-refractivity contribution in [2.75, 3.05) is 43.5 Å². The van der Waals surface area contributed by atoms with Crippen molar-refractivity contribution in [2.24, 2.45) is 0 Å². The van der Waals surface area contributed by atoms with Gasteiger partial charge in [-0.1, -0.05) is 36.4 Å². The molecule has 0 unspecified atom stereocenters. The smallest absolute Gasteiger partial charge is 0.242 e. The number of nitrogens with one attached hydrogen (secondary N) is 2. The van der Waals surface area contributed by atoms with E-state index in [-0.39, 0.29) is 18.4 Å². The van der Waals surface area contributed by atoms with Gasteiger partial charge in [-0.05, 0) is 30.2 Å². The van der Waals surface area contributed by atoms with Crippen molar-refractivity contribution in [3.05, 3.63) is 60.2 Å². The Balaban J connectivity index is 1.46. The van der Waals surface area contributed by atoms with E-state index in [0.717, 1.165) is 16.9 Å². The summed E-state index contributed by atoms with van der Waals surface area (Å²) >= 11 is 0. The van der Waals surface area contributed by atoms with Gasteiger partial charge < -0.3 is 20.3 Å². The van der Waals surface area contributed by atoms with Gasteiger partial charge in [0.25, 0.3) is 0 Å². The minimum absolute atomic E-state index is 0.0274. The molecule has 1 heterocycles. The highest BCUT2D eigenvalue weighted by Crippen LogP contribution is 2.16. The van der Waals surface area contributed by atoms with E-state index in [0.29, 0.717) is 39.1 Å². The number of amides is 2. The van der Waals surface area contributed by atoms with Crippen LogP contribution in [0.5, 0.6) is 0 Å². The zero-order chi connectivity index (χ0) is 18.9. The van der Waals surface area contributed by atoms with Gasteiger partial charge in [0.1, 0.15) is 0 Å². The molecule has 2 amide bonds. The fourth-order valence-corrected chi connectivity index (χ4v) is 2.94. The molecule has 3 rings (SSSR count). The third kappa shape index (κ3) is 6.11. The fourth-order valence-electron chi connectivity index (χ4n) is 2.94. The molecule has 27 heavy (non-hydrogen) atoms. The number of hydrogen-bond donors (Lipinski definition) is 2. The molecular weight excluding hydrogens is 342 g/mol. The van der Waals surface area contributed by atoms with Crippen molar-refractivity contribution in [3.63, 3.8) is 0 Å². The van der Waals surface area contributed by atoms with Crippen molar-refractivity contribution >= 4 is 23.2 Å². The van der Waals surface area contributed by atoms with Gasteiger partial charge in [0.15, 0.2) is 0 Å². The highest BCUT2D eigenvalue weighted by molar-refractivity contribution is 5.91. The van der Waals surface area contributed by atoms with Crippen LogP contribution < -0.4 is 10.6 Å². The van der Waals surface area contributed by atoms with E-state index in [1.165, 1.54) is 0 Å². The van der Waals surface area contributed by atoms with Gasteiger partial charge in [-0.25, -0.2) is 0 Å². The van der Waals surface area contributed by atoms with Crippen molar-refractivity contribution in [1.82, 2.24) is 4.90 Å². The maximum atomic E-state index is 12.2. The summed E-state index contributed by atoms with van der Waals surface area (Å²) in [6.07, 6.45) is 1.13. The lowest BCUT2D eigenvalue weighted by molar-refractivity contribution is -0.133. The number of aryl methyl sites for hydroxylation is 1. The number of ether oxygens (including phenoxy) is 1. The molecule has 6 heteroatoms. The Hall–Kier alpha value is -2.86. The number of benzene rings is 2. The van der Waals surface area contributed by atoms with Gasteiger partial charge in [0.2, 0.25) is 11.8 Å². The molecule has 1 aliphatic heterocycles. The standard InChI is InChI=1S/C21H25N3O3/c25-20(10-9-17-5-2-1-3-6-17)23-19-8-4-7-18(15-19)22-16-21(26)24-11-13-27-14-12-24/h1-8,15,22H,9-14,16H2,(H,23,25). The number of nitrogens with zero attached hydrogens (tertiary/aromatic N) is 1. The lowest BCUT2D eigenvalue weighted by atomic mass is 10.1. The summed E-state index contributed by atoms with van der Waals surface area (Å²) in [5.41, 5.74) is 2.67. The van der Waals surface area contributed by atoms with Crippen LogP contribution in [-0.2, 0) is 20.7 Å². The monoisotopic (exact) mass is 367 g/mol. The first-order valence-electron chi connectivity index (χ1n) is 9.24. The van der Waals surface area contributed by atoms with E-state index in [1.807, 2.05) is 54.6 Å². The van der Waals surface area contributed by atoms with Crippen LogP contribution in [0, 0.1) is 0 Å². The van der Waals surface area contributed by atoms with E-state index in [9.17, 15) is 9.59 Å². The van der Waals surface area contributed by atoms with Crippen LogP contribution in [0.15, 0.2) is 54.6 Å². The summed E-state index contributed by atoms with van der Waals surface area (Å²) in [5.74, 6) is 0.0241. The first kappa shape index (κ1) is 18.9. The first-order chi connectivity index (χ1) is 13.2. The zero-order valence-corrected chi connectivity index (χ0v) is 15.3. The van der Waals surface area contributed by atoms with Crippen molar-refractivity contribution in [3.8, 4) is 0 Å². The van der Waals surface area contributed by atoms with Crippen LogP contribution in [0.4, 0.5) is 11.4 Å². The summed E-state index contributed by atoms with van der Waals surface area (Å²) in [4.78, 5) is 26.2. The Kier molecular flexibility index (Phi) is 6.82. The Morgan fingerprint density at radius 1 is 0.963 bits per heavy atom. The Labute approximate surface area is 159 Å². The third-order valence-corrected chi connectivity index (χ3v) is 4.44. The van der Waals surface area contributed by atoms with Crippen molar-refractivity contribution in [1.29, 1.82) is 0 Å². The van der Waals surface area contributed by atoms with Gasteiger partial charge in [-0.3, -0.25) is 9.59 Å². The maximum Gasteiger partial charge on any atom is 0.242 e. The summed E-state index contributed by atoms with van der Waals surface area (Å²) in [7, 11) is 0. The quantitative estimate of drug-likeness (QED) is 0.789. The second kappa shape index (κ2) is 9.73. The van der Waals surface area contributed by atoms with Crippen LogP contribution in [0.25, 0.3) is 0 Å². The Morgan fingerprint density at radius 2 is 1.70 bits per heavy atom. The maximum absolute atomic E-state index is 12.2. The number of anilines is 2. The lowest BCUT2D eigenvalue weighted by Crippen LogP contribution is -2.43. The predicted molar refractivity (Wildman–Crippen MR) is 106 cm³/mol. The van der Waals surface area contributed by atoms with Crippen molar-refractivity contribution < 1.29 is 14.3 Å². The van der Waals surface area contributed by atoms with Gasteiger partial charge in [0, 0.05) is 30.9 Å². The molecule has 2 N–H and O–H groups in total. The minimum Gasteiger partial charge on any atom is -0.378 e. The molecule has 2 aromatic carbocycles. The van der Waals surface area contributed by atoms with Crippen LogP contribution in [0.1, 0.15) is 12.0 Å². The van der Waals surface area contributed by atoms with Crippen molar-refractivity contribution in [2.45, 2.75) is 12.8 Å². The molecule has 0 aliphatic carbocycles. The van der Waals surface area contributed by atoms with Crippen LogP contribution >= 0.6 is 0 Å². The zero-order valence-electron chi connectivity index (χ0n) is 15.3.